The molecule has 1 aliphatic carbocycles. The molecule has 7 heteroatoms. The quantitative estimate of drug-likeness (QED) is 0.506. The van der Waals surface area contributed by atoms with Gasteiger partial charge in [0.15, 0.2) is 0 Å². The van der Waals surface area contributed by atoms with Crippen LogP contribution < -0.4 is 10.2 Å². The van der Waals surface area contributed by atoms with Gasteiger partial charge in [0.05, 0.1) is 5.69 Å². The van der Waals surface area contributed by atoms with Gasteiger partial charge in [0, 0.05) is 25.4 Å². The summed E-state index contributed by atoms with van der Waals surface area (Å²) in [5.41, 5.74) is 5.40. The maximum absolute atomic E-state index is 14.7. The van der Waals surface area contributed by atoms with E-state index < -0.39 is 18.1 Å². The highest BCUT2D eigenvalue weighted by Crippen LogP contribution is 2.44. The molecule has 1 amide bonds. The normalized spacial score (nSPS) is 15.4. The van der Waals surface area contributed by atoms with Crippen molar-refractivity contribution in [1.82, 2.24) is 5.32 Å². The predicted octanol–water partition coefficient (Wildman–Crippen LogP) is 4.96. The zero-order valence-electron chi connectivity index (χ0n) is 19.2. The van der Waals surface area contributed by atoms with Crippen molar-refractivity contribution in [1.29, 1.82) is 0 Å². The molecule has 1 atom stereocenters. The monoisotopic (exact) mass is 474 g/mol. The molecule has 0 radical (unpaired) electrons. The van der Waals surface area contributed by atoms with Crippen LogP contribution in [0.25, 0.3) is 11.1 Å². The van der Waals surface area contributed by atoms with Gasteiger partial charge in [-0.2, -0.15) is 0 Å². The van der Waals surface area contributed by atoms with Crippen LogP contribution in [0.3, 0.4) is 0 Å². The van der Waals surface area contributed by atoms with E-state index in [1.807, 2.05) is 53.4 Å². The molecule has 6 nitrogen and oxygen atoms in total. The Hall–Kier alpha value is -3.87. The molecule has 1 heterocycles. The van der Waals surface area contributed by atoms with Crippen LogP contribution in [0.15, 0.2) is 66.7 Å². The molecular weight excluding hydrogens is 447 g/mol. The Morgan fingerprint density at radius 3 is 2.23 bits per heavy atom. The van der Waals surface area contributed by atoms with Gasteiger partial charge in [0.1, 0.15) is 18.5 Å². The molecular formula is C28H27FN2O4. The summed E-state index contributed by atoms with van der Waals surface area (Å²) in [4.78, 5) is 26.4. The predicted molar refractivity (Wildman–Crippen MR) is 131 cm³/mol. The largest absolute Gasteiger partial charge is 0.480 e. The second-order valence-electron chi connectivity index (χ2n) is 9.04. The van der Waals surface area contributed by atoms with Gasteiger partial charge in [-0.25, -0.2) is 14.0 Å². The topological polar surface area (TPSA) is 78.9 Å². The zero-order valence-corrected chi connectivity index (χ0v) is 19.2. The maximum Gasteiger partial charge on any atom is 0.407 e. The number of nitrogens with zero attached hydrogens (tertiary/aromatic N) is 1. The van der Waals surface area contributed by atoms with Gasteiger partial charge >= 0.3 is 12.1 Å². The van der Waals surface area contributed by atoms with Crippen molar-refractivity contribution in [3.05, 3.63) is 89.2 Å². The molecule has 35 heavy (non-hydrogen) atoms. The second-order valence-corrected chi connectivity index (χ2v) is 9.04. The lowest BCUT2D eigenvalue weighted by Gasteiger charge is -2.20. The van der Waals surface area contributed by atoms with Gasteiger partial charge in [-0.1, -0.05) is 54.6 Å². The van der Waals surface area contributed by atoms with Crippen LogP contribution in [-0.2, 0) is 16.0 Å². The second kappa shape index (κ2) is 9.78. The third-order valence-corrected chi connectivity index (χ3v) is 6.83. The van der Waals surface area contributed by atoms with Crippen molar-refractivity contribution in [2.75, 3.05) is 24.6 Å². The van der Waals surface area contributed by atoms with Gasteiger partial charge < -0.3 is 20.1 Å². The third-order valence-electron chi connectivity index (χ3n) is 6.83. The number of rotatable bonds is 7. The SMILES string of the molecule is O=C(NC(Cc1ccc(N2CCCC2)c(F)c1)C(=O)O)OCC1c2ccccc2-c2ccccc21. The number of aliphatic carboxylic acids is 1. The highest BCUT2D eigenvalue weighted by atomic mass is 19.1. The molecule has 1 fully saturated rings. The van der Waals surface area contributed by atoms with Gasteiger partial charge in [0.2, 0.25) is 0 Å². The first-order valence-electron chi connectivity index (χ1n) is 11.9. The summed E-state index contributed by atoms with van der Waals surface area (Å²) in [6, 6.07) is 19.5. The minimum atomic E-state index is -1.23. The number of halogens is 1. The van der Waals surface area contributed by atoms with Crippen molar-refractivity contribution in [3.8, 4) is 11.1 Å². The van der Waals surface area contributed by atoms with Crippen LogP contribution in [-0.4, -0.2) is 42.9 Å². The number of nitrogens with one attached hydrogen (secondary N) is 1. The Balaban J connectivity index is 1.23. The Morgan fingerprint density at radius 1 is 1.00 bits per heavy atom. The van der Waals surface area contributed by atoms with Crippen LogP contribution in [0.2, 0.25) is 0 Å². The molecule has 1 saturated heterocycles. The Labute approximate surface area is 203 Å². The zero-order chi connectivity index (χ0) is 24.4. The number of ether oxygens (including phenoxy) is 1. The lowest BCUT2D eigenvalue weighted by Crippen LogP contribution is -2.43. The van der Waals surface area contributed by atoms with Crippen molar-refractivity contribution in [3.63, 3.8) is 0 Å². The number of carboxylic acids is 1. The first-order valence-corrected chi connectivity index (χ1v) is 11.9. The fraction of sp³-hybridized carbons (Fsp3) is 0.286. The van der Waals surface area contributed by atoms with E-state index in [1.165, 1.54) is 6.07 Å². The fourth-order valence-electron chi connectivity index (χ4n) is 5.11. The van der Waals surface area contributed by atoms with Crippen molar-refractivity contribution in [2.45, 2.75) is 31.2 Å². The molecule has 3 aromatic rings. The molecule has 2 aliphatic rings. The fourth-order valence-corrected chi connectivity index (χ4v) is 5.11. The third kappa shape index (κ3) is 4.71. The molecule has 0 bridgehead atoms. The molecule has 2 N–H and O–H groups in total. The van der Waals surface area contributed by atoms with Crippen molar-refractivity contribution >= 4 is 17.7 Å². The first-order chi connectivity index (χ1) is 17.0. The van der Waals surface area contributed by atoms with E-state index in [-0.39, 0.29) is 24.8 Å². The number of anilines is 1. The number of carboxylic acid groups (broad SMARTS) is 1. The van der Waals surface area contributed by atoms with E-state index in [2.05, 4.69) is 5.32 Å². The first kappa shape index (κ1) is 22.9. The minimum Gasteiger partial charge on any atom is -0.480 e. The molecule has 5 rings (SSSR count). The summed E-state index contributed by atoms with van der Waals surface area (Å²) in [5.74, 6) is -1.71. The van der Waals surface area contributed by atoms with Gasteiger partial charge in [0.25, 0.3) is 0 Å². The molecule has 1 unspecified atom stereocenters. The maximum atomic E-state index is 14.7. The summed E-state index contributed by atoms with van der Waals surface area (Å²) in [6.07, 6.45) is 1.21. The number of amides is 1. The van der Waals surface area contributed by atoms with E-state index >= 15 is 0 Å². The molecule has 0 spiro atoms. The van der Waals surface area contributed by atoms with Crippen molar-refractivity contribution in [2.24, 2.45) is 0 Å². The summed E-state index contributed by atoms with van der Waals surface area (Å²) in [6.45, 7) is 1.72. The number of fused-ring (bicyclic) bond motifs is 3. The van der Waals surface area contributed by atoms with E-state index in [1.54, 1.807) is 12.1 Å². The summed E-state index contributed by atoms with van der Waals surface area (Å²) < 4.78 is 20.1. The van der Waals surface area contributed by atoms with E-state index in [4.69, 9.17) is 4.74 Å². The summed E-state index contributed by atoms with van der Waals surface area (Å²) in [7, 11) is 0. The van der Waals surface area contributed by atoms with E-state index in [0.29, 0.717) is 11.3 Å². The van der Waals surface area contributed by atoms with Crippen LogP contribution >= 0.6 is 0 Å². The number of hydrogen-bond acceptors (Lipinski definition) is 4. The molecule has 0 saturated carbocycles. The van der Waals surface area contributed by atoms with Crippen molar-refractivity contribution < 1.29 is 23.8 Å². The van der Waals surface area contributed by atoms with Crippen LogP contribution in [0.1, 0.15) is 35.4 Å². The number of carbonyl (C=O) groups is 2. The van der Waals surface area contributed by atoms with E-state index in [0.717, 1.165) is 48.2 Å². The van der Waals surface area contributed by atoms with Crippen LogP contribution in [0, 0.1) is 5.82 Å². The van der Waals surface area contributed by atoms with Gasteiger partial charge in [-0.15, -0.1) is 0 Å². The van der Waals surface area contributed by atoms with Gasteiger partial charge in [-0.3, -0.25) is 0 Å². The molecule has 1 aliphatic heterocycles. The number of carbonyl (C=O) groups excluding carboxylic acids is 1. The van der Waals surface area contributed by atoms with Crippen LogP contribution in [0.4, 0.5) is 14.9 Å². The van der Waals surface area contributed by atoms with Crippen LogP contribution in [0.5, 0.6) is 0 Å². The number of benzene rings is 3. The average Bonchev–Trinajstić information content (AvgIpc) is 3.49. The highest BCUT2D eigenvalue weighted by molar-refractivity contribution is 5.81. The standard InChI is InChI=1S/C28H27FN2O4/c29-24-15-18(11-12-26(24)31-13-5-6-14-31)16-25(27(32)33)30-28(34)35-17-23-21-9-3-1-7-19(21)20-8-2-4-10-22(20)23/h1-4,7-12,15,23,25H,5-6,13-14,16-17H2,(H,30,34)(H,32,33). The lowest BCUT2D eigenvalue weighted by molar-refractivity contribution is -0.139. The average molecular weight is 475 g/mol. The Bertz CT molecular complexity index is 1210. The highest BCUT2D eigenvalue weighted by Gasteiger charge is 2.30. The van der Waals surface area contributed by atoms with Gasteiger partial charge in [-0.05, 0) is 52.8 Å². The number of alkyl carbamates (subject to hydrolysis) is 1. The Morgan fingerprint density at radius 2 is 1.63 bits per heavy atom. The molecule has 0 aromatic heterocycles. The molecule has 3 aromatic carbocycles. The summed E-state index contributed by atoms with van der Waals surface area (Å²) >= 11 is 0. The summed E-state index contributed by atoms with van der Waals surface area (Å²) in [5, 5.41) is 12.1. The smallest absolute Gasteiger partial charge is 0.407 e. The van der Waals surface area contributed by atoms with E-state index in [9.17, 15) is 19.1 Å². The lowest BCUT2D eigenvalue weighted by atomic mass is 9.98. The Kier molecular flexibility index (Phi) is 6.40. The number of hydrogen-bond donors (Lipinski definition) is 2. The minimum absolute atomic E-state index is 0.0449. The molecule has 180 valence electrons.